The molecule has 2 saturated heterocycles. The first-order valence-electron chi connectivity index (χ1n) is 21.0. The smallest absolute Gasteiger partial charge is 0.266 e. The fourth-order valence-corrected chi connectivity index (χ4v) is 7.80. The number of ether oxygens (including phenoxy) is 2. The van der Waals surface area contributed by atoms with Crippen LogP contribution in [-0.2, 0) is 36.8 Å². The predicted molar refractivity (Wildman–Crippen MR) is 229 cm³/mol. The van der Waals surface area contributed by atoms with E-state index in [2.05, 4.69) is 30.5 Å². The maximum atomic E-state index is 13.5. The molecule has 2 aromatic carbocycles. The number of Topliss-reactive ketones (excluding diaryl/α,β-unsaturated/α-hetero) is 2. The van der Waals surface area contributed by atoms with Crippen LogP contribution in [0.15, 0.2) is 67.1 Å². The summed E-state index contributed by atoms with van der Waals surface area (Å²) in [6.07, 6.45) is 8.07. The van der Waals surface area contributed by atoms with E-state index >= 15 is 0 Å². The summed E-state index contributed by atoms with van der Waals surface area (Å²) in [6, 6.07) is 12.1. The van der Waals surface area contributed by atoms with Crippen molar-refractivity contribution in [3.05, 3.63) is 95.1 Å². The van der Waals surface area contributed by atoms with Crippen molar-refractivity contribution in [1.82, 2.24) is 30.5 Å². The lowest BCUT2D eigenvalue weighted by molar-refractivity contribution is -0.136. The van der Waals surface area contributed by atoms with Crippen molar-refractivity contribution < 1.29 is 43.0 Å². The minimum absolute atomic E-state index is 0.00309. The quantitative estimate of drug-likeness (QED) is 0.0600. The van der Waals surface area contributed by atoms with E-state index in [1.54, 1.807) is 12.4 Å². The average Bonchev–Trinajstić information content (AvgIpc) is 3.54. The van der Waals surface area contributed by atoms with Crippen LogP contribution in [0.25, 0.3) is 11.3 Å². The number of benzene rings is 2. The highest BCUT2D eigenvalue weighted by molar-refractivity contribution is 6.24. The molecule has 2 aromatic heterocycles. The topological polar surface area (TPSA) is 259 Å². The van der Waals surface area contributed by atoms with Crippen LogP contribution in [0.2, 0.25) is 0 Å². The molecule has 63 heavy (non-hydrogen) atoms. The number of carbonyl (C=O) groups is 7. The van der Waals surface area contributed by atoms with E-state index < -0.39 is 35.7 Å². The number of morpholine rings is 1. The molecule has 5 amide bonds. The van der Waals surface area contributed by atoms with Gasteiger partial charge in [-0.25, -0.2) is 9.97 Å². The molecular formula is C45H49N9O9. The maximum absolute atomic E-state index is 13.5. The first-order chi connectivity index (χ1) is 30.5. The second-order valence-corrected chi connectivity index (χ2v) is 15.6. The Morgan fingerprint density at radius 2 is 1.76 bits per heavy atom. The monoisotopic (exact) mass is 859 g/mol. The number of hydrogen-bond donors (Lipinski definition) is 4. The van der Waals surface area contributed by atoms with Crippen LogP contribution in [0, 0.1) is 0 Å². The molecule has 0 saturated carbocycles. The summed E-state index contributed by atoms with van der Waals surface area (Å²) in [5, 5.41) is 5.05. The standard InChI is InChI=1S/C45H49N9O9/c46-32(7-3-1-2-5-30(55)26-63-37-8-4-6-31-39(37)45(61)54(44(31)60)35-13-14-38(57)52-43(35)59)42(58)49-18-15-27-9-11-28(12-10-27)33-25-50-41(47)40(51-33)36(56)23-29-24-48-17-16-34(29)53-19-21-62-22-20-53/h4,6,8-12,16-17,24-25,32,35H,1-3,5,7,13-15,18-23,26,46H2,(H2,47,50)(H,49,58)(H,52,57,59)/t32-,35?/m0/s1. The fourth-order valence-electron chi connectivity index (χ4n) is 7.80. The molecule has 0 aliphatic carbocycles. The Hall–Kier alpha value is -6.92. The highest BCUT2D eigenvalue weighted by atomic mass is 16.5. The molecule has 5 heterocycles. The van der Waals surface area contributed by atoms with Crippen molar-refractivity contribution >= 4 is 52.6 Å². The van der Waals surface area contributed by atoms with Crippen molar-refractivity contribution in [3.8, 4) is 17.0 Å². The Kier molecular flexibility index (Phi) is 14.2. The average molecular weight is 860 g/mol. The van der Waals surface area contributed by atoms with Crippen molar-refractivity contribution in [2.45, 2.75) is 69.9 Å². The number of nitrogens with one attached hydrogen (secondary N) is 2. The minimum Gasteiger partial charge on any atom is -0.485 e. The second kappa shape index (κ2) is 20.3. The van der Waals surface area contributed by atoms with Gasteiger partial charge in [-0.3, -0.25) is 48.8 Å². The third-order valence-electron chi connectivity index (χ3n) is 11.2. The van der Waals surface area contributed by atoms with Gasteiger partial charge in [0.15, 0.2) is 17.4 Å². The van der Waals surface area contributed by atoms with Gasteiger partial charge in [-0.15, -0.1) is 0 Å². The SMILES string of the molecule is Nc1ncc(-c2ccc(CCNC(=O)[C@@H](N)CCCCCC(=O)COc3cccc4c3C(=O)N(C3CCC(=O)NC3=O)C4=O)cc2)nc1C(=O)Cc1cnccc1N1CCOCC1. The lowest BCUT2D eigenvalue weighted by Gasteiger charge is -2.30. The number of ketones is 2. The van der Waals surface area contributed by atoms with E-state index in [9.17, 15) is 33.6 Å². The van der Waals surface area contributed by atoms with Gasteiger partial charge >= 0.3 is 0 Å². The van der Waals surface area contributed by atoms with E-state index in [1.807, 2.05) is 30.3 Å². The summed E-state index contributed by atoms with van der Waals surface area (Å²) in [7, 11) is 0. The van der Waals surface area contributed by atoms with Crippen molar-refractivity contribution in [2.24, 2.45) is 5.73 Å². The number of piperidine rings is 1. The number of carbonyl (C=O) groups excluding carboxylic acids is 7. The highest BCUT2D eigenvalue weighted by Crippen LogP contribution is 2.34. The van der Waals surface area contributed by atoms with Crippen LogP contribution < -0.4 is 31.7 Å². The van der Waals surface area contributed by atoms with Crippen LogP contribution in [-0.4, -0.2) is 112 Å². The third-order valence-corrected chi connectivity index (χ3v) is 11.2. The summed E-state index contributed by atoms with van der Waals surface area (Å²) in [6.45, 7) is 2.74. The first-order valence-corrected chi connectivity index (χ1v) is 21.0. The molecule has 7 rings (SSSR count). The molecule has 1 unspecified atom stereocenters. The summed E-state index contributed by atoms with van der Waals surface area (Å²) in [5.41, 5.74) is 16.4. The molecule has 18 heteroatoms. The number of imide groups is 2. The normalized spacial score (nSPS) is 16.7. The predicted octanol–water partition coefficient (Wildman–Crippen LogP) is 2.37. The summed E-state index contributed by atoms with van der Waals surface area (Å²) in [4.78, 5) is 105. The van der Waals surface area contributed by atoms with Crippen LogP contribution in [0.5, 0.6) is 5.75 Å². The molecule has 328 valence electrons. The number of fused-ring (bicyclic) bond motifs is 1. The Morgan fingerprint density at radius 3 is 2.54 bits per heavy atom. The zero-order valence-electron chi connectivity index (χ0n) is 34.7. The van der Waals surface area contributed by atoms with Crippen LogP contribution >= 0.6 is 0 Å². The number of nitrogen functional groups attached to an aromatic ring is 1. The molecule has 4 aromatic rings. The zero-order valence-corrected chi connectivity index (χ0v) is 34.7. The van der Waals surface area contributed by atoms with E-state index in [0.717, 1.165) is 40.4 Å². The molecule has 0 bridgehead atoms. The number of nitrogens with two attached hydrogens (primary N) is 2. The number of nitrogens with zero attached hydrogens (tertiary/aromatic N) is 5. The Labute approximate surface area is 363 Å². The number of anilines is 2. The van der Waals surface area contributed by atoms with Crippen molar-refractivity contribution in [3.63, 3.8) is 0 Å². The first kappa shape index (κ1) is 44.1. The Bertz CT molecular complexity index is 2400. The lowest BCUT2D eigenvalue weighted by Crippen LogP contribution is -2.54. The summed E-state index contributed by atoms with van der Waals surface area (Å²) < 4.78 is 11.2. The molecular weight excluding hydrogens is 811 g/mol. The van der Waals surface area contributed by atoms with Crippen molar-refractivity contribution in [1.29, 1.82) is 0 Å². The van der Waals surface area contributed by atoms with Gasteiger partial charge in [0.25, 0.3) is 11.8 Å². The summed E-state index contributed by atoms with van der Waals surface area (Å²) >= 11 is 0. The van der Waals surface area contributed by atoms with Gasteiger partial charge in [-0.1, -0.05) is 43.2 Å². The van der Waals surface area contributed by atoms with Gasteiger partial charge in [-0.2, -0.15) is 0 Å². The van der Waals surface area contributed by atoms with Gasteiger partial charge in [0.1, 0.15) is 24.1 Å². The van der Waals surface area contributed by atoms with Crippen LogP contribution in [0.3, 0.4) is 0 Å². The molecule has 2 atom stereocenters. The van der Waals surface area contributed by atoms with E-state index in [0.29, 0.717) is 57.6 Å². The highest BCUT2D eigenvalue weighted by Gasteiger charge is 2.46. The lowest BCUT2D eigenvalue weighted by atomic mass is 10.0. The van der Waals surface area contributed by atoms with Crippen molar-refractivity contribution in [2.75, 3.05) is 50.1 Å². The Balaban J connectivity index is 0.801. The van der Waals surface area contributed by atoms with E-state index in [1.165, 1.54) is 24.4 Å². The molecule has 2 fully saturated rings. The largest absolute Gasteiger partial charge is 0.485 e. The van der Waals surface area contributed by atoms with E-state index in [-0.39, 0.29) is 78.2 Å². The minimum atomic E-state index is -1.11. The third kappa shape index (κ3) is 10.6. The Morgan fingerprint density at radius 1 is 0.968 bits per heavy atom. The molecule has 6 N–H and O–H groups in total. The van der Waals surface area contributed by atoms with Gasteiger partial charge in [0.05, 0.1) is 42.3 Å². The molecule has 0 spiro atoms. The molecule has 18 nitrogen and oxygen atoms in total. The fraction of sp³-hybridized carbons (Fsp3) is 0.378. The number of amides is 5. The number of pyridine rings is 1. The van der Waals surface area contributed by atoms with Gasteiger partial charge in [0.2, 0.25) is 17.7 Å². The number of aromatic nitrogens is 3. The van der Waals surface area contributed by atoms with E-state index in [4.69, 9.17) is 20.9 Å². The second-order valence-electron chi connectivity index (χ2n) is 15.6. The number of rotatable bonds is 19. The maximum Gasteiger partial charge on any atom is 0.266 e. The van der Waals surface area contributed by atoms with Crippen LogP contribution in [0.1, 0.15) is 87.3 Å². The van der Waals surface area contributed by atoms with Gasteiger partial charge in [0, 0.05) is 68.1 Å². The zero-order chi connectivity index (χ0) is 44.5. The number of unbranched alkanes of at least 4 members (excludes halogenated alkanes) is 2. The van der Waals surface area contributed by atoms with Gasteiger partial charge in [-0.05, 0) is 49.4 Å². The van der Waals surface area contributed by atoms with Crippen LogP contribution in [0.4, 0.5) is 11.5 Å². The molecule has 3 aliphatic rings. The molecule has 3 aliphatic heterocycles. The number of hydrogen-bond acceptors (Lipinski definition) is 15. The summed E-state index contributed by atoms with van der Waals surface area (Å²) in [5.74, 6) is -3.17. The molecule has 0 radical (unpaired) electrons. The van der Waals surface area contributed by atoms with Gasteiger partial charge < -0.3 is 31.2 Å².